The summed E-state index contributed by atoms with van der Waals surface area (Å²) in [6.45, 7) is 0.713. The highest BCUT2D eigenvalue weighted by Crippen LogP contribution is 2.31. The third kappa shape index (κ3) is 4.02. The minimum absolute atomic E-state index is 0.0466. The van der Waals surface area contributed by atoms with Crippen LogP contribution in [-0.4, -0.2) is 40.6 Å². The molecule has 1 fully saturated rings. The number of fused-ring (bicyclic) bond motifs is 1. The van der Waals surface area contributed by atoms with Crippen molar-refractivity contribution in [1.29, 1.82) is 0 Å². The summed E-state index contributed by atoms with van der Waals surface area (Å²) in [4.78, 5) is 36.9. The lowest BCUT2D eigenvalue weighted by molar-refractivity contribution is -0.118. The Labute approximate surface area is 164 Å². The van der Waals surface area contributed by atoms with Gasteiger partial charge in [-0.25, -0.2) is 0 Å². The second-order valence-electron chi connectivity index (χ2n) is 6.59. The van der Waals surface area contributed by atoms with Gasteiger partial charge in [0.25, 0.3) is 5.91 Å². The van der Waals surface area contributed by atoms with E-state index < -0.39 is 6.04 Å². The predicted octanol–water partition coefficient (Wildman–Crippen LogP) is 1.86. The largest absolute Gasteiger partial charge is 0.371 e. The number of anilines is 2. The van der Waals surface area contributed by atoms with Crippen LogP contribution >= 0.6 is 11.3 Å². The van der Waals surface area contributed by atoms with E-state index in [1.165, 1.54) is 11.3 Å². The van der Waals surface area contributed by atoms with E-state index in [-0.39, 0.29) is 36.7 Å². The van der Waals surface area contributed by atoms with Gasteiger partial charge in [-0.15, -0.1) is 10.2 Å². The Morgan fingerprint density at radius 3 is 2.96 bits per heavy atom. The molecule has 2 aliphatic heterocycles. The van der Waals surface area contributed by atoms with E-state index in [9.17, 15) is 14.4 Å². The fourth-order valence-corrected chi connectivity index (χ4v) is 4.00. The first kappa shape index (κ1) is 18.5. The number of amides is 3. The molecule has 1 aromatic carbocycles. The Bertz CT molecular complexity index is 909. The maximum atomic E-state index is 12.4. The van der Waals surface area contributed by atoms with Gasteiger partial charge in [-0.05, 0) is 31.4 Å². The molecule has 0 saturated carbocycles. The fraction of sp³-hybridized carbons (Fsp3) is 0.389. The fourth-order valence-electron chi connectivity index (χ4n) is 3.16. The number of ether oxygens (including phenoxy) is 1. The summed E-state index contributed by atoms with van der Waals surface area (Å²) in [6.07, 6.45) is 2.08. The topological polar surface area (TPSA) is 122 Å². The van der Waals surface area contributed by atoms with Gasteiger partial charge in [-0.2, -0.15) is 0 Å². The standard InChI is InChI=1S/C18H19N5O4S/c24-14(21-18-23-22-17(28-18)13-6-3-9-27-13)8-7-12-16(26)19-11-5-2-1-4-10(11)15(25)20-12/h1-2,4-5,12-13H,3,6-9H2,(H,19,26)(H,20,25)(H,21,23,24)/t12-,13?/m1/s1. The molecule has 0 bridgehead atoms. The van der Waals surface area contributed by atoms with Crippen molar-refractivity contribution >= 4 is 39.9 Å². The molecule has 1 aromatic heterocycles. The van der Waals surface area contributed by atoms with Crippen LogP contribution in [0.5, 0.6) is 0 Å². The molecular formula is C18H19N5O4S. The number of hydrogen-bond donors (Lipinski definition) is 3. The Balaban J connectivity index is 1.32. The molecular weight excluding hydrogens is 382 g/mol. The highest BCUT2D eigenvalue weighted by atomic mass is 32.1. The minimum atomic E-state index is -0.789. The first-order valence-corrected chi connectivity index (χ1v) is 9.87. The Kier molecular flexibility index (Phi) is 5.31. The highest BCUT2D eigenvalue weighted by molar-refractivity contribution is 7.15. The van der Waals surface area contributed by atoms with Crippen LogP contribution in [0.2, 0.25) is 0 Å². The molecule has 0 aliphatic carbocycles. The summed E-state index contributed by atoms with van der Waals surface area (Å²) >= 11 is 1.29. The Morgan fingerprint density at radius 2 is 2.14 bits per heavy atom. The first-order valence-electron chi connectivity index (χ1n) is 9.06. The van der Waals surface area contributed by atoms with Crippen LogP contribution < -0.4 is 16.0 Å². The van der Waals surface area contributed by atoms with Crippen LogP contribution in [0.25, 0.3) is 0 Å². The van der Waals surface area contributed by atoms with Crippen LogP contribution in [0, 0.1) is 0 Å². The van der Waals surface area contributed by atoms with Gasteiger partial charge >= 0.3 is 0 Å². The van der Waals surface area contributed by atoms with E-state index in [1.807, 2.05) is 0 Å². The lowest BCUT2D eigenvalue weighted by Crippen LogP contribution is -2.41. The molecule has 2 aliphatic rings. The monoisotopic (exact) mass is 401 g/mol. The van der Waals surface area contributed by atoms with E-state index in [1.54, 1.807) is 24.3 Å². The molecule has 3 heterocycles. The van der Waals surface area contributed by atoms with Gasteiger partial charge in [0, 0.05) is 13.0 Å². The lowest BCUT2D eigenvalue weighted by atomic mass is 10.1. The molecule has 9 nitrogen and oxygen atoms in total. The third-order valence-electron chi connectivity index (χ3n) is 4.60. The molecule has 0 spiro atoms. The summed E-state index contributed by atoms with van der Waals surface area (Å²) in [7, 11) is 0. The SMILES string of the molecule is O=C(CC[C@H]1NC(=O)c2ccccc2NC1=O)Nc1nnc(C2CCCO2)s1. The van der Waals surface area contributed by atoms with Gasteiger partial charge in [0.15, 0.2) is 0 Å². The summed E-state index contributed by atoms with van der Waals surface area (Å²) in [6, 6.07) is 5.99. The van der Waals surface area contributed by atoms with E-state index in [0.717, 1.165) is 17.8 Å². The molecule has 3 N–H and O–H groups in total. The number of rotatable bonds is 5. The summed E-state index contributed by atoms with van der Waals surface area (Å²) in [5.74, 6) is -0.980. The molecule has 3 amide bonds. The van der Waals surface area contributed by atoms with Crippen molar-refractivity contribution in [3.8, 4) is 0 Å². The first-order chi connectivity index (χ1) is 13.6. The van der Waals surface area contributed by atoms with Crippen molar-refractivity contribution < 1.29 is 19.1 Å². The number of carbonyl (C=O) groups is 3. The van der Waals surface area contributed by atoms with Gasteiger partial charge in [0.2, 0.25) is 16.9 Å². The zero-order valence-electron chi connectivity index (χ0n) is 14.9. The maximum absolute atomic E-state index is 12.4. The van der Waals surface area contributed by atoms with E-state index >= 15 is 0 Å². The second-order valence-corrected chi connectivity index (χ2v) is 7.60. The van der Waals surface area contributed by atoms with Crippen LogP contribution in [-0.2, 0) is 14.3 Å². The van der Waals surface area contributed by atoms with Gasteiger partial charge in [0.05, 0.1) is 11.3 Å². The summed E-state index contributed by atoms with van der Waals surface area (Å²) in [5.41, 5.74) is 0.866. The zero-order chi connectivity index (χ0) is 19.5. The maximum Gasteiger partial charge on any atom is 0.254 e. The average molecular weight is 401 g/mol. The van der Waals surface area contributed by atoms with Gasteiger partial charge in [-0.3, -0.25) is 14.4 Å². The van der Waals surface area contributed by atoms with Crippen molar-refractivity contribution in [3.63, 3.8) is 0 Å². The zero-order valence-corrected chi connectivity index (χ0v) is 15.8. The van der Waals surface area contributed by atoms with Crippen LogP contribution in [0.4, 0.5) is 10.8 Å². The smallest absolute Gasteiger partial charge is 0.254 e. The molecule has 2 atom stereocenters. The van der Waals surface area contributed by atoms with Crippen molar-refractivity contribution in [1.82, 2.24) is 15.5 Å². The summed E-state index contributed by atoms with van der Waals surface area (Å²) < 4.78 is 5.56. The Hall–Kier alpha value is -2.85. The summed E-state index contributed by atoms with van der Waals surface area (Å²) in [5, 5.41) is 17.3. The molecule has 1 unspecified atom stereocenters. The van der Waals surface area contributed by atoms with E-state index in [0.29, 0.717) is 23.0 Å². The van der Waals surface area contributed by atoms with Gasteiger partial charge < -0.3 is 20.7 Å². The molecule has 4 rings (SSSR count). The normalized spacial score (nSPS) is 21.4. The number of aromatic nitrogens is 2. The molecule has 10 heteroatoms. The van der Waals surface area contributed by atoms with Crippen molar-refractivity contribution in [3.05, 3.63) is 34.8 Å². The third-order valence-corrected chi connectivity index (χ3v) is 5.53. The van der Waals surface area contributed by atoms with Crippen LogP contribution in [0.1, 0.15) is 47.2 Å². The molecule has 1 saturated heterocycles. The minimum Gasteiger partial charge on any atom is -0.371 e. The van der Waals surface area contributed by atoms with E-state index in [4.69, 9.17) is 4.74 Å². The van der Waals surface area contributed by atoms with Crippen LogP contribution in [0.15, 0.2) is 24.3 Å². The number of nitrogens with zero attached hydrogens (tertiary/aromatic N) is 2. The van der Waals surface area contributed by atoms with Crippen LogP contribution in [0.3, 0.4) is 0 Å². The van der Waals surface area contributed by atoms with Gasteiger partial charge in [-0.1, -0.05) is 23.5 Å². The molecule has 2 aromatic rings. The number of benzene rings is 1. The van der Waals surface area contributed by atoms with Crippen molar-refractivity contribution in [2.24, 2.45) is 0 Å². The number of nitrogens with one attached hydrogen (secondary N) is 3. The molecule has 0 radical (unpaired) electrons. The quantitative estimate of drug-likeness (QED) is 0.703. The predicted molar refractivity (Wildman–Crippen MR) is 102 cm³/mol. The Morgan fingerprint density at radius 1 is 1.29 bits per heavy atom. The van der Waals surface area contributed by atoms with E-state index in [2.05, 4.69) is 26.1 Å². The molecule has 28 heavy (non-hydrogen) atoms. The second kappa shape index (κ2) is 8.03. The number of carbonyl (C=O) groups excluding carboxylic acids is 3. The molecule has 146 valence electrons. The van der Waals surface area contributed by atoms with Crippen molar-refractivity contribution in [2.75, 3.05) is 17.2 Å². The number of para-hydroxylation sites is 1. The number of hydrogen-bond acceptors (Lipinski definition) is 7. The van der Waals surface area contributed by atoms with Crippen molar-refractivity contribution in [2.45, 2.75) is 37.8 Å². The lowest BCUT2D eigenvalue weighted by Gasteiger charge is -2.13. The highest BCUT2D eigenvalue weighted by Gasteiger charge is 2.28. The average Bonchev–Trinajstić information content (AvgIpc) is 3.34. The van der Waals surface area contributed by atoms with Gasteiger partial charge in [0.1, 0.15) is 17.2 Å².